The van der Waals surface area contributed by atoms with E-state index in [0.29, 0.717) is 22.3 Å². The van der Waals surface area contributed by atoms with Crippen LogP contribution in [0.25, 0.3) is 0 Å². The molecular weight excluding hydrogens is 405 g/mol. The summed E-state index contributed by atoms with van der Waals surface area (Å²) in [6.45, 7) is 4.51. The molecule has 1 aliphatic rings. The zero-order valence-corrected chi connectivity index (χ0v) is 17.1. The van der Waals surface area contributed by atoms with Crippen molar-refractivity contribution in [3.63, 3.8) is 0 Å². The molecule has 3 heterocycles. The number of pyridine rings is 1. The predicted octanol–water partition coefficient (Wildman–Crippen LogP) is 4.27. The lowest BCUT2D eigenvalue weighted by Gasteiger charge is -2.34. The molecule has 1 N–H and O–H groups in total. The van der Waals surface area contributed by atoms with E-state index in [1.54, 1.807) is 17.0 Å². The number of piperidine rings is 1. The number of carbonyl (C=O) groups excluding carboxylic acids is 2. The lowest BCUT2D eigenvalue weighted by atomic mass is 9.90. The van der Waals surface area contributed by atoms with Crippen LogP contribution in [-0.2, 0) is 0 Å². The smallest absolute Gasteiger partial charge is 0.410 e. The van der Waals surface area contributed by atoms with Gasteiger partial charge in [-0.15, -0.1) is 11.3 Å². The molecule has 1 atom stereocenters. The lowest BCUT2D eigenvalue weighted by molar-refractivity contribution is 0.0899. The number of ether oxygens (including phenoxy) is 1. The van der Waals surface area contributed by atoms with Gasteiger partial charge in [-0.25, -0.2) is 9.78 Å². The Bertz CT molecular complexity index is 868. The molecule has 1 aliphatic heterocycles. The molecule has 0 aliphatic carbocycles. The van der Waals surface area contributed by atoms with Crippen LogP contribution in [0.4, 0.5) is 9.18 Å². The van der Waals surface area contributed by atoms with Crippen LogP contribution in [0.15, 0.2) is 24.4 Å². The third-order valence-corrected chi connectivity index (χ3v) is 6.18. The van der Waals surface area contributed by atoms with E-state index < -0.39 is 12.0 Å². The van der Waals surface area contributed by atoms with Crippen molar-refractivity contribution in [2.75, 3.05) is 13.1 Å². The number of hydrogen-bond donors (Lipinski definition) is 1. The van der Waals surface area contributed by atoms with Crippen LogP contribution in [0, 0.1) is 18.8 Å². The monoisotopic (exact) mass is 425 g/mol. The van der Waals surface area contributed by atoms with Gasteiger partial charge in [-0.05, 0) is 50.8 Å². The average molecular weight is 426 g/mol. The summed E-state index contributed by atoms with van der Waals surface area (Å²) in [5.41, 5.74) is 0.204. The molecule has 0 saturated carbocycles. The van der Waals surface area contributed by atoms with Gasteiger partial charge in [0.05, 0.1) is 9.21 Å². The quantitative estimate of drug-likeness (QED) is 0.742. The Morgan fingerprint density at radius 2 is 2.07 bits per heavy atom. The Labute approximate surface area is 171 Å². The van der Waals surface area contributed by atoms with Crippen molar-refractivity contribution in [3.05, 3.63) is 45.1 Å². The fraction of sp³-hybridized carbons (Fsp3) is 0.421. The van der Waals surface area contributed by atoms with Gasteiger partial charge in [0.15, 0.2) is 0 Å². The molecular formula is C19H21ClFN3O3S. The normalized spacial score (nSPS) is 15.9. The molecule has 28 heavy (non-hydrogen) atoms. The summed E-state index contributed by atoms with van der Waals surface area (Å²) >= 11 is 7.12. The van der Waals surface area contributed by atoms with E-state index in [9.17, 15) is 14.0 Å². The molecule has 0 unspecified atom stereocenters. The van der Waals surface area contributed by atoms with Crippen molar-refractivity contribution in [2.45, 2.75) is 32.7 Å². The first-order chi connectivity index (χ1) is 13.3. The molecule has 2 amide bonds. The van der Waals surface area contributed by atoms with Gasteiger partial charge in [0.25, 0.3) is 5.91 Å². The maximum Gasteiger partial charge on any atom is 0.415 e. The largest absolute Gasteiger partial charge is 0.415 e. The topological polar surface area (TPSA) is 71.5 Å². The summed E-state index contributed by atoms with van der Waals surface area (Å²) < 4.78 is 19.4. The van der Waals surface area contributed by atoms with Crippen LogP contribution in [-0.4, -0.2) is 41.0 Å². The minimum atomic E-state index is -0.652. The highest BCUT2D eigenvalue weighted by Gasteiger charge is 2.28. The molecule has 2 aromatic heterocycles. The van der Waals surface area contributed by atoms with Gasteiger partial charge in [0.2, 0.25) is 5.95 Å². The number of nitrogens with one attached hydrogen (secondary N) is 1. The molecule has 6 nitrogen and oxygen atoms in total. The SMILES string of the molecule is Cc1c(OC(=O)N2CCC([C@@H](C)NC(=O)c3ccc(Cl)s3)CC2)ccnc1F. The average Bonchev–Trinajstić information content (AvgIpc) is 3.12. The third-order valence-electron chi connectivity index (χ3n) is 4.95. The zero-order valence-electron chi connectivity index (χ0n) is 15.6. The molecule has 150 valence electrons. The Morgan fingerprint density at radius 3 is 2.71 bits per heavy atom. The number of carbonyl (C=O) groups is 2. The Morgan fingerprint density at radius 1 is 1.36 bits per heavy atom. The van der Waals surface area contributed by atoms with E-state index in [-0.39, 0.29) is 29.2 Å². The van der Waals surface area contributed by atoms with E-state index in [0.717, 1.165) is 12.8 Å². The minimum Gasteiger partial charge on any atom is -0.410 e. The number of nitrogens with zero attached hydrogens (tertiary/aromatic N) is 2. The van der Waals surface area contributed by atoms with Crippen molar-refractivity contribution >= 4 is 34.9 Å². The number of hydrogen-bond acceptors (Lipinski definition) is 5. The van der Waals surface area contributed by atoms with Crippen molar-refractivity contribution < 1.29 is 18.7 Å². The number of aromatic nitrogens is 1. The van der Waals surface area contributed by atoms with Crippen LogP contribution in [0.3, 0.4) is 0 Å². The second-order valence-electron chi connectivity index (χ2n) is 6.78. The van der Waals surface area contributed by atoms with Gasteiger partial charge in [-0.2, -0.15) is 4.39 Å². The van der Waals surface area contributed by atoms with E-state index in [1.165, 1.54) is 30.5 Å². The maximum absolute atomic E-state index is 13.5. The highest BCUT2D eigenvalue weighted by molar-refractivity contribution is 7.18. The summed E-state index contributed by atoms with van der Waals surface area (Å²) in [7, 11) is 0. The van der Waals surface area contributed by atoms with Gasteiger partial charge in [0, 0.05) is 30.9 Å². The number of amides is 2. The van der Waals surface area contributed by atoms with Crippen LogP contribution in [0.2, 0.25) is 4.34 Å². The molecule has 2 aromatic rings. The third kappa shape index (κ3) is 4.80. The van der Waals surface area contributed by atoms with Gasteiger partial charge in [-0.3, -0.25) is 4.79 Å². The minimum absolute atomic E-state index is 0.0249. The van der Waals surface area contributed by atoms with Gasteiger partial charge in [-0.1, -0.05) is 11.6 Å². The first-order valence-corrected chi connectivity index (χ1v) is 10.2. The van der Waals surface area contributed by atoms with Crippen LogP contribution in [0.5, 0.6) is 5.75 Å². The van der Waals surface area contributed by atoms with E-state index in [4.69, 9.17) is 16.3 Å². The van der Waals surface area contributed by atoms with Gasteiger partial charge < -0.3 is 15.0 Å². The second-order valence-corrected chi connectivity index (χ2v) is 8.50. The molecule has 3 rings (SSSR count). The van der Waals surface area contributed by atoms with Crippen molar-refractivity contribution in [1.82, 2.24) is 15.2 Å². The molecule has 1 fully saturated rings. The van der Waals surface area contributed by atoms with Gasteiger partial charge >= 0.3 is 6.09 Å². The van der Waals surface area contributed by atoms with Crippen LogP contribution in [0.1, 0.15) is 35.0 Å². The summed E-state index contributed by atoms with van der Waals surface area (Å²) in [6, 6.07) is 4.85. The lowest BCUT2D eigenvalue weighted by Crippen LogP contribution is -2.46. The van der Waals surface area contributed by atoms with Crippen molar-refractivity contribution in [3.8, 4) is 5.75 Å². The maximum atomic E-state index is 13.5. The van der Waals surface area contributed by atoms with Crippen molar-refractivity contribution in [2.24, 2.45) is 5.92 Å². The fourth-order valence-electron chi connectivity index (χ4n) is 3.18. The Balaban J connectivity index is 1.50. The first-order valence-electron chi connectivity index (χ1n) is 8.99. The number of halogens is 2. The van der Waals surface area contributed by atoms with E-state index >= 15 is 0 Å². The zero-order chi connectivity index (χ0) is 20.3. The molecule has 0 bridgehead atoms. The highest BCUT2D eigenvalue weighted by Crippen LogP contribution is 2.25. The van der Waals surface area contributed by atoms with E-state index in [1.807, 2.05) is 6.92 Å². The molecule has 0 aromatic carbocycles. The van der Waals surface area contributed by atoms with Crippen LogP contribution < -0.4 is 10.1 Å². The number of likely N-dealkylation sites (tertiary alicyclic amines) is 1. The summed E-state index contributed by atoms with van der Waals surface area (Å²) in [6.07, 6.45) is 2.25. The first kappa shape index (κ1) is 20.5. The molecule has 0 spiro atoms. The fourth-order valence-corrected chi connectivity index (χ4v) is 4.12. The van der Waals surface area contributed by atoms with Crippen molar-refractivity contribution in [1.29, 1.82) is 0 Å². The Kier molecular flexibility index (Phi) is 6.51. The Hall–Kier alpha value is -2.19. The van der Waals surface area contributed by atoms with Crippen LogP contribution >= 0.6 is 22.9 Å². The summed E-state index contributed by atoms with van der Waals surface area (Å²) in [5, 5.41) is 3.01. The second kappa shape index (κ2) is 8.87. The number of rotatable bonds is 4. The van der Waals surface area contributed by atoms with Gasteiger partial charge in [0.1, 0.15) is 5.75 Å². The molecule has 1 saturated heterocycles. The predicted molar refractivity (Wildman–Crippen MR) is 106 cm³/mol. The number of thiophene rings is 1. The molecule has 0 radical (unpaired) electrons. The summed E-state index contributed by atoms with van der Waals surface area (Å²) in [4.78, 5) is 30.3. The highest BCUT2D eigenvalue weighted by atomic mass is 35.5. The standard InChI is InChI=1S/C19H21ClFN3O3S/c1-11-14(5-8-22-17(11)21)27-19(26)24-9-6-13(7-10-24)12(2)23-18(25)15-3-4-16(20)28-15/h3-5,8,12-13H,6-7,9-10H2,1-2H3,(H,23,25)/t12-/m1/s1. The summed E-state index contributed by atoms with van der Waals surface area (Å²) in [5.74, 6) is -0.361. The van der Waals surface area contributed by atoms with E-state index in [2.05, 4.69) is 10.3 Å². The molecule has 9 heteroatoms.